The van der Waals surface area contributed by atoms with Crippen LogP contribution in [0.15, 0.2) is 54.1 Å². The third-order valence-corrected chi connectivity index (χ3v) is 2.69. The highest BCUT2D eigenvalue weighted by atomic mass is 16.5. The molecule has 0 heterocycles. The van der Waals surface area contributed by atoms with Gasteiger partial charge in [0.05, 0.1) is 0 Å². The largest absolute Gasteiger partial charge is 0.481 e. The molecular formula is C17H14O2. The smallest absolute Gasteiger partial charge is 0.185 e. The maximum absolute atomic E-state index is 11.8. The predicted molar refractivity (Wildman–Crippen MR) is 76.7 cm³/mol. The number of hydrogen-bond donors (Lipinski definition) is 0. The molecule has 1 aliphatic rings. The molecule has 0 atom stereocenters. The molecule has 0 aliphatic heterocycles. The summed E-state index contributed by atoms with van der Waals surface area (Å²) in [6.07, 6.45) is 15.1. The van der Waals surface area contributed by atoms with E-state index in [0.717, 1.165) is 23.3 Å². The van der Waals surface area contributed by atoms with Gasteiger partial charge in [-0.05, 0) is 30.2 Å². The number of ketones is 1. The second kappa shape index (κ2) is 6.42. The molecule has 1 aliphatic carbocycles. The van der Waals surface area contributed by atoms with Crippen molar-refractivity contribution in [3.05, 3.63) is 59.7 Å². The predicted octanol–water partition coefficient (Wildman–Crippen LogP) is 3.17. The first kappa shape index (κ1) is 12.9. The molecule has 0 radical (unpaired) electrons. The van der Waals surface area contributed by atoms with Gasteiger partial charge in [-0.3, -0.25) is 4.79 Å². The molecule has 2 heteroatoms. The van der Waals surface area contributed by atoms with E-state index in [0.29, 0.717) is 0 Å². The van der Waals surface area contributed by atoms with E-state index >= 15 is 0 Å². The molecule has 0 bridgehead atoms. The summed E-state index contributed by atoms with van der Waals surface area (Å²) >= 11 is 0. The first-order valence-electron chi connectivity index (χ1n) is 6.05. The van der Waals surface area contributed by atoms with Crippen LogP contribution in [-0.4, -0.2) is 12.4 Å². The Bertz CT molecular complexity index is 581. The van der Waals surface area contributed by atoms with Crippen LogP contribution in [0.4, 0.5) is 0 Å². The van der Waals surface area contributed by atoms with Crippen LogP contribution in [0, 0.1) is 12.3 Å². The Morgan fingerprint density at radius 3 is 2.79 bits per heavy atom. The van der Waals surface area contributed by atoms with Gasteiger partial charge < -0.3 is 4.74 Å². The van der Waals surface area contributed by atoms with Crippen LogP contribution in [0.1, 0.15) is 12.0 Å². The Morgan fingerprint density at radius 2 is 2.16 bits per heavy atom. The fourth-order valence-electron chi connectivity index (χ4n) is 1.71. The number of benzene rings is 1. The summed E-state index contributed by atoms with van der Waals surface area (Å²) in [5, 5.41) is 0. The number of allylic oxidation sites excluding steroid dienone is 5. The molecule has 1 aromatic carbocycles. The van der Waals surface area contributed by atoms with E-state index in [9.17, 15) is 4.79 Å². The zero-order valence-electron chi connectivity index (χ0n) is 10.5. The Kier molecular flexibility index (Phi) is 4.36. The lowest BCUT2D eigenvalue weighted by Gasteiger charge is -2.01. The molecule has 0 saturated carbocycles. The lowest BCUT2D eigenvalue weighted by atomic mass is 10.1. The first-order valence-corrected chi connectivity index (χ1v) is 6.05. The van der Waals surface area contributed by atoms with Crippen molar-refractivity contribution in [3.8, 4) is 18.1 Å². The molecule has 94 valence electrons. The second-order valence-electron chi connectivity index (χ2n) is 4.06. The number of carbonyl (C=O) groups is 1. The van der Waals surface area contributed by atoms with Crippen LogP contribution < -0.4 is 4.74 Å². The van der Waals surface area contributed by atoms with Gasteiger partial charge in [0.2, 0.25) is 0 Å². The summed E-state index contributed by atoms with van der Waals surface area (Å²) in [6.45, 7) is 0.258. The lowest BCUT2D eigenvalue weighted by Crippen LogP contribution is -1.94. The van der Waals surface area contributed by atoms with Crippen molar-refractivity contribution < 1.29 is 9.53 Å². The maximum atomic E-state index is 11.8. The van der Waals surface area contributed by atoms with Crippen molar-refractivity contribution >= 4 is 11.9 Å². The molecule has 1 aromatic rings. The van der Waals surface area contributed by atoms with Crippen LogP contribution in [0.2, 0.25) is 0 Å². The Labute approximate surface area is 113 Å². The van der Waals surface area contributed by atoms with E-state index in [4.69, 9.17) is 11.2 Å². The minimum absolute atomic E-state index is 0.0291. The number of terminal acetylenes is 1. The van der Waals surface area contributed by atoms with E-state index in [-0.39, 0.29) is 12.4 Å². The SMILES string of the molecule is C#CCOc1ccc(/C=C/C(=O)C2=CCC=C2)cc1. The monoisotopic (exact) mass is 250 g/mol. The summed E-state index contributed by atoms with van der Waals surface area (Å²) in [7, 11) is 0. The van der Waals surface area contributed by atoms with Crippen molar-refractivity contribution in [2.24, 2.45) is 0 Å². The molecule has 0 unspecified atom stereocenters. The minimum Gasteiger partial charge on any atom is -0.481 e. The molecule has 0 saturated heterocycles. The summed E-state index contributed by atoms with van der Waals surface area (Å²) in [6, 6.07) is 7.43. The molecule has 0 N–H and O–H groups in total. The van der Waals surface area contributed by atoms with E-state index in [1.807, 2.05) is 42.5 Å². The van der Waals surface area contributed by atoms with Crippen molar-refractivity contribution in [3.63, 3.8) is 0 Å². The Morgan fingerprint density at radius 1 is 1.37 bits per heavy atom. The van der Waals surface area contributed by atoms with Gasteiger partial charge in [-0.25, -0.2) is 0 Å². The van der Waals surface area contributed by atoms with Crippen LogP contribution in [0.5, 0.6) is 5.75 Å². The molecule has 19 heavy (non-hydrogen) atoms. The van der Waals surface area contributed by atoms with Crippen LogP contribution in [0.25, 0.3) is 6.08 Å². The van der Waals surface area contributed by atoms with E-state index in [2.05, 4.69) is 5.92 Å². The van der Waals surface area contributed by atoms with E-state index < -0.39 is 0 Å². The third kappa shape index (κ3) is 3.72. The standard InChI is InChI=1S/C17H14O2/c1-2-13-19-16-10-7-14(8-11-16)9-12-17(18)15-5-3-4-6-15/h1,3,5-12H,4,13H2/b12-9+. The van der Waals surface area contributed by atoms with E-state index in [1.165, 1.54) is 0 Å². The van der Waals surface area contributed by atoms with Crippen molar-refractivity contribution in [2.75, 3.05) is 6.61 Å². The molecule has 0 amide bonds. The zero-order chi connectivity index (χ0) is 13.5. The highest BCUT2D eigenvalue weighted by Gasteiger charge is 2.04. The third-order valence-electron chi connectivity index (χ3n) is 2.69. The average molecular weight is 250 g/mol. The summed E-state index contributed by atoms with van der Waals surface area (Å²) in [4.78, 5) is 11.8. The fraction of sp³-hybridized carbons (Fsp3) is 0.118. The highest BCUT2D eigenvalue weighted by molar-refractivity contribution is 6.08. The summed E-state index contributed by atoms with van der Waals surface area (Å²) in [5.74, 6) is 3.16. The van der Waals surface area contributed by atoms with Crippen LogP contribution >= 0.6 is 0 Å². The van der Waals surface area contributed by atoms with Gasteiger partial charge in [-0.1, -0.05) is 42.4 Å². The highest BCUT2D eigenvalue weighted by Crippen LogP contribution is 2.14. The van der Waals surface area contributed by atoms with Crippen molar-refractivity contribution in [1.29, 1.82) is 0 Å². The van der Waals surface area contributed by atoms with Gasteiger partial charge in [-0.2, -0.15) is 0 Å². The molecule has 2 nitrogen and oxygen atoms in total. The van der Waals surface area contributed by atoms with Crippen LogP contribution in [0.3, 0.4) is 0 Å². The normalized spacial score (nSPS) is 13.3. The maximum Gasteiger partial charge on any atom is 0.185 e. The summed E-state index contributed by atoms with van der Waals surface area (Å²) < 4.78 is 5.27. The fourth-order valence-corrected chi connectivity index (χ4v) is 1.71. The van der Waals surface area contributed by atoms with Crippen molar-refractivity contribution in [1.82, 2.24) is 0 Å². The average Bonchev–Trinajstić information content (AvgIpc) is 2.98. The lowest BCUT2D eigenvalue weighted by molar-refractivity contribution is -0.111. The van der Waals surface area contributed by atoms with Crippen LogP contribution in [-0.2, 0) is 4.79 Å². The molecular weight excluding hydrogens is 236 g/mol. The Balaban J connectivity index is 1.97. The molecule has 0 aromatic heterocycles. The van der Waals surface area contributed by atoms with Crippen molar-refractivity contribution in [2.45, 2.75) is 6.42 Å². The van der Waals surface area contributed by atoms with Gasteiger partial charge >= 0.3 is 0 Å². The number of carbonyl (C=O) groups excluding carboxylic acids is 1. The van der Waals surface area contributed by atoms with Gasteiger partial charge in [0.25, 0.3) is 0 Å². The van der Waals surface area contributed by atoms with Gasteiger partial charge in [0.1, 0.15) is 12.4 Å². The number of hydrogen-bond acceptors (Lipinski definition) is 2. The second-order valence-corrected chi connectivity index (χ2v) is 4.06. The topological polar surface area (TPSA) is 26.3 Å². The number of ether oxygens (including phenoxy) is 1. The number of rotatable bonds is 5. The van der Waals surface area contributed by atoms with Gasteiger partial charge in [-0.15, -0.1) is 6.42 Å². The van der Waals surface area contributed by atoms with E-state index in [1.54, 1.807) is 12.2 Å². The Hall–Kier alpha value is -2.53. The zero-order valence-corrected chi connectivity index (χ0v) is 10.5. The molecule has 0 spiro atoms. The first-order chi connectivity index (χ1) is 9.29. The summed E-state index contributed by atoms with van der Waals surface area (Å²) in [5.41, 5.74) is 1.70. The quantitative estimate of drug-likeness (QED) is 0.592. The minimum atomic E-state index is 0.0291. The molecule has 2 rings (SSSR count). The molecule has 0 fully saturated rings. The van der Waals surface area contributed by atoms with Gasteiger partial charge in [0, 0.05) is 5.57 Å². The van der Waals surface area contributed by atoms with Gasteiger partial charge in [0.15, 0.2) is 5.78 Å².